The van der Waals surface area contributed by atoms with E-state index >= 15 is 0 Å². The molecule has 1 heteroatoms. The van der Waals surface area contributed by atoms with Crippen LogP contribution in [0.3, 0.4) is 0 Å². The van der Waals surface area contributed by atoms with E-state index in [-0.39, 0.29) is 6.10 Å². The van der Waals surface area contributed by atoms with Crippen LogP contribution in [0.25, 0.3) is 0 Å². The third-order valence-electron chi connectivity index (χ3n) is 0.575. The Hall–Kier alpha value is -0.0400. The lowest BCUT2D eigenvalue weighted by atomic mass is 10.3. The van der Waals surface area contributed by atoms with E-state index in [1.807, 2.05) is 6.92 Å². The highest BCUT2D eigenvalue weighted by Crippen LogP contribution is 1.83. The minimum Gasteiger partial charge on any atom is -0.233 e. The largest absolute Gasteiger partial charge is 0.233 e. The summed E-state index contributed by atoms with van der Waals surface area (Å²) in [4.78, 5) is 0. The average molecular weight is 73.1 g/mol. The van der Waals surface area contributed by atoms with E-state index in [2.05, 4.69) is 0 Å². The highest BCUT2D eigenvalue weighted by Gasteiger charge is 1.85. The molecule has 0 heterocycles. The van der Waals surface area contributed by atoms with Gasteiger partial charge in [-0.15, -0.1) is 0 Å². The van der Waals surface area contributed by atoms with Crippen molar-refractivity contribution >= 4 is 0 Å². The average Bonchev–Trinajstić information content (AvgIpc) is 1.38. The molecule has 0 aromatic rings. The molecule has 0 spiro atoms. The van der Waals surface area contributed by atoms with Crippen LogP contribution in [0.1, 0.15) is 20.3 Å². The van der Waals surface area contributed by atoms with Crippen molar-refractivity contribution in [2.24, 2.45) is 0 Å². The summed E-state index contributed by atoms with van der Waals surface area (Å²) in [5.41, 5.74) is 0. The van der Waals surface area contributed by atoms with Gasteiger partial charge in [0.15, 0.2) is 0 Å². The van der Waals surface area contributed by atoms with Crippen molar-refractivity contribution in [3.63, 3.8) is 0 Å². The first-order valence-electron chi connectivity index (χ1n) is 1.93. The monoisotopic (exact) mass is 73.1 g/mol. The lowest BCUT2D eigenvalue weighted by Crippen LogP contribution is -1.90. The van der Waals surface area contributed by atoms with Crippen LogP contribution in [-0.2, 0) is 5.11 Å². The Morgan fingerprint density at radius 3 is 2.00 bits per heavy atom. The zero-order chi connectivity index (χ0) is 4.28. The van der Waals surface area contributed by atoms with E-state index in [4.69, 9.17) is 0 Å². The smallest absolute Gasteiger partial charge is 0.0899 e. The fraction of sp³-hybridized carbons (Fsp3) is 1.00. The molecule has 0 rings (SSSR count). The summed E-state index contributed by atoms with van der Waals surface area (Å²) < 4.78 is 0. The summed E-state index contributed by atoms with van der Waals surface area (Å²) in [6.07, 6.45) is 0.384. The van der Waals surface area contributed by atoms with E-state index in [0.29, 0.717) is 0 Å². The second-order valence-electron chi connectivity index (χ2n) is 1.22. The van der Waals surface area contributed by atoms with Crippen molar-refractivity contribution in [1.29, 1.82) is 0 Å². The highest BCUT2D eigenvalue weighted by atomic mass is 16.3. The molecule has 1 radical (unpaired) electrons. The molecule has 0 saturated heterocycles. The Balaban J connectivity index is 2.54. The van der Waals surface area contributed by atoms with Crippen LogP contribution in [-0.4, -0.2) is 6.10 Å². The van der Waals surface area contributed by atoms with Crippen LogP contribution in [0, 0.1) is 0 Å². The van der Waals surface area contributed by atoms with Gasteiger partial charge in [0.2, 0.25) is 0 Å². The van der Waals surface area contributed by atoms with Gasteiger partial charge in [-0.05, 0) is 13.3 Å². The van der Waals surface area contributed by atoms with Crippen LogP contribution in [0.4, 0.5) is 0 Å². The van der Waals surface area contributed by atoms with E-state index in [1.165, 1.54) is 0 Å². The molecule has 31 valence electrons. The second kappa shape index (κ2) is 2.21. The van der Waals surface area contributed by atoms with Gasteiger partial charge in [0, 0.05) is 0 Å². The van der Waals surface area contributed by atoms with Crippen LogP contribution in [0.2, 0.25) is 0 Å². The molecular formula is C4H9O. The van der Waals surface area contributed by atoms with E-state index in [9.17, 15) is 5.11 Å². The molecule has 0 aromatic carbocycles. The van der Waals surface area contributed by atoms with Gasteiger partial charge in [-0.2, -0.15) is 0 Å². The number of hydrogen-bond acceptors (Lipinski definition) is 0. The summed E-state index contributed by atoms with van der Waals surface area (Å²) in [6, 6.07) is 0. The molecule has 0 unspecified atom stereocenters. The Kier molecular flexibility index (Phi) is 2.19. The fourth-order valence-electron chi connectivity index (χ4n) is 0. The summed E-state index contributed by atoms with van der Waals surface area (Å²) in [5.74, 6) is 0. The molecular weight excluding hydrogens is 64.0 g/mol. The van der Waals surface area contributed by atoms with Crippen molar-refractivity contribution in [1.82, 2.24) is 0 Å². The van der Waals surface area contributed by atoms with Gasteiger partial charge >= 0.3 is 0 Å². The summed E-state index contributed by atoms with van der Waals surface area (Å²) in [7, 11) is 0. The van der Waals surface area contributed by atoms with Crippen molar-refractivity contribution in [3.8, 4) is 0 Å². The van der Waals surface area contributed by atoms with Gasteiger partial charge in [-0.25, -0.2) is 5.11 Å². The molecule has 5 heavy (non-hydrogen) atoms. The van der Waals surface area contributed by atoms with Gasteiger partial charge in [0.1, 0.15) is 0 Å². The molecule has 0 N–H and O–H groups in total. The minimum absolute atomic E-state index is 0.366. The molecule has 0 aromatic heterocycles. The molecule has 1 nitrogen and oxygen atoms in total. The number of hydrogen-bond donors (Lipinski definition) is 0. The maximum absolute atomic E-state index is 9.90. The molecule has 0 aliphatic carbocycles. The normalized spacial score (nSPS) is 15.0. The lowest BCUT2D eigenvalue weighted by Gasteiger charge is -1.86. The van der Waals surface area contributed by atoms with Crippen LogP contribution in [0.15, 0.2) is 0 Å². The first-order valence-corrected chi connectivity index (χ1v) is 1.93. The predicted molar refractivity (Wildman–Crippen MR) is 20.4 cm³/mol. The Bertz CT molecular complexity index is 17.6. The van der Waals surface area contributed by atoms with Gasteiger partial charge in [-0.3, -0.25) is 0 Å². The second-order valence-corrected chi connectivity index (χ2v) is 1.22. The summed E-state index contributed by atoms with van der Waals surface area (Å²) in [6.45, 7) is 3.55. The third kappa shape index (κ3) is 3.96. The fourth-order valence-corrected chi connectivity index (χ4v) is 0. The van der Waals surface area contributed by atoms with Crippen LogP contribution < -0.4 is 0 Å². The van der Waals surface area contributed by atoms with Crippen LogP contribution in [0.5, 0.6) is 0 Å². The number of rotatable bonds is 1. The van der Waals surface area contributed by atoms with E-state index in [1.54, 1.807) is 6.92 Å². The Morgan fingerprint density at radius 1 is 1.80 bits per heavy atom. The lowest BCUT2D eigenvalue weighted by molar-refractivity contribution is 0.102. The molecule has 0 aliphatic heterocycles. The van der Waals surface area contributed by atoms with Crippen molar-refractivity contribution in [2.75, 3.05) is 0 Å². The minimum atomic E-state index is -0.366. The predicted octanol–water partition coefficient (Wildman–Crippen LogP) is 1.22. The topological polar surface area (TPSA) is 19.9 Å². The molecule has 0 bridgehead atoms. The zero-order valence-electron chi connectivity index (χ0n) is 3.69. The van der Waals surface area contributed by atoms with Gasteiger partial charge in [-0.1, -0.05) is 6.92 Å². The molecule has 1 atom stereocenters. The van der Waals surface area contributed by atoms with Crippen molar-refractivity contribution in [3.05, 3.63) is 0 Å². The van der Waals surface area contributed by atoms with Gasteiger partial charge < -0.3 is 0 Å². The maximum Gasteiger partial charge on any atom is 0.0899 e. The SMILES string of the molecule is CC[C@@H](C)[O]. The Morgan fingerprint density at radius 2 is 2.00 bits per heavy atom. The first-order chi connectivity index (χ1) is 2.27. The third-order valence-corrected chi connectivity index (χ3v) is 0.575. The zero-order valence-corrected chi connectivity index (χ0v) is 3.69. The standard InChI is InChI=1S/C4H9O/c1-3-4(2)5/h4H,3H2,1-2H3/t4-/m1/s1. The van der Waals surface area contributed by atoms with E-state index < -0.39 is 0 Å². The molecule has 0 saturated carbocycles. The van der Waals surface area contributed by atoms with Crippen molar-refractivity contribution < 1.29 is 5.11 Å². The van der Waals surface area contributed by atoms with E-state index in [0.717, 1.165) is 6.42 Å². The van der Waals surface area contributed by atoms with Gasteiger partial charge in [0.25, 0.3) is 0 Å². The first kappa shape index (κ1) is 4.96. The maximum atomic E-state index is 9.90. The quantitative estimate of drug-likeness (QED) is 0.444. The molecule has 0 amide bonds. The molecule has 0 aliphatic rings. The summed E-state index contributed by atoms with van der Waals surface area (Å²) in [5, 5.41) is 9.90. The molecule has 0 fully saturated rings. The Labute approximate surface area is 32.6 Å². The summed E-state index contributed by atoms with van der Waals surface area (Å²) >= 11 is 0. The van der Waals surface area contributed by atoms with Crippen molar-refractivity contribution in [2.45, 2.75) is 26.4 Å². The highest BCUT2D eigenvalue weighted by molar-refractivity contribution is 4.33. The van der Waals surface area contributed by atoms with Gasteiger partial charge in [0.05, 0.1) is 6.10 Å². The van der Waals surface area contributed by atoms with Crippen LogP contribution >= 0.6 is 0 Å².